The third-order valence-electron chi connectivity index (χ3n) is 7.21. The van der Waals surface area contributed by atoms with Crippen molar-refractivity contribution in [1.29, 1.82) is 0 Å². The van der Waals surface area contributed by atoms with Gasteiger partial charge in [0.15, 0.2) is 0 Å². The summed E-state index contributed by atoms with van der Waals surface area (Å²) in [6, 6.07) is 30.9. The fourth-order valence-electron chi connectivity index (χ4n) is 4.90. The number of carbonyl (C=O) groups is 2. The van der Waals surface area contributed by atoms with Gasteiger partial charge in [0.25, 0.3) is 10.0 Å². The Morgan fingerprint density at radius 1 is 0.800 bits per heavy atom. The zero-order chi connectivity index (χ0) is 32.6. The average Bonchev–Trinajstić information content (AvgIpc) is 3.02. The van der Waals surface area contributed by atoms with Crippen molar-refractivity contribution in [3.63, 3.8) is 0 Å². The SMILES string of the molecule is COc1ccc(N(CC(=O)N(Cc2ccccc2)[C@@H](Cc2ccccc2)C(=O)NC(C)(C)C)S(=O)(=O)c2ccc(C)cc2)cc1. The van der Waals surface area contributed by atoms with Crippen LogP contribution < -0.4 is 14.4 Å². The van der Waals surface area contributed by atoms with E-state index in [1.807, 2.05) is 88.4 Å². The number of rotatable bonds is 12. The van der Waals surface area contributed by atoms with Crippen LogP contribution in [-0.4, -0.2) is 50.4 Å². The van der Waals surface area contributed by atoms with Crippen LogP contribution in [-0.2, 0) is 32.6 Å². The monoisotopic (exact) mass is 627 g/mol. The van der Waals surface area contributed by atoms with Crippen molar-refractivity contribution in [3.8, 4) is 5.75 Å². The maximum atomic E-state index is 14.5. The zero-order valence-electron chi connectivity index (χ0n) is 26.4. The number of benzene rings is 4. The van der Waals surface area contributed by atoms with Crippen LogP contribution in [0.25, 0.3) is 0 Å². The van der Waals surface area contributed by atoms with Crippen LogP contribution in [0.3, 0.4) is 0 Å². The van der Waals surface area contributed by atoms with Crippen molar-refractivity contribution in [3.05, 3.63) is 126 Å². The predicted octanol–water partition coefficient (Wildman–Crippen LogP) is 5.75. The Morgan fingerprint density at radius 2 is 1.36 bits per heavy atom. The maximum absolute atomic E-state index is 14.5. The molecule has 1 N–H and O–H groups in total. The van der Waals surface area contributed by atoms with Gasteiger partial charge in [-0.1, -0.05) is 78.4 Å². The molecule has 0 unspecified atom stereocenters. The van der Waals surface area contributed by atoms with E-state index in [9.17, 15) is 18.0 Å². The summed E-state index contributed by atoms with van der Waals surface area (Å²) in [4.78, 5) is 30.0. The molecule has 0 spiro atoms. The van der Waals surface area contributed by atoms with Crippen LogP contribution in [0.15, 0.2) is 114 Å². The molecule has 8 nitrogen and oxygen atoms in total. The molecule has 9 heteroatoms. The third kappa shape index (κ3) is 8.95. The topological polar surface area (TPSA) is 96.0 Å². The lowest BCUT2D eigenvalue weighted by Gasteiger charge is -2.35. The Labute approximate surface area is 266 Å². The van der Waals surface area contributed by atoms with E-state index < -0.39 is 34.1 Å². The molecule has 1 atom stereocenters. The Kier molecular flexibility index (Phi) is 10.7. The fraction of sp³-hybridized carbons (Fsp3) is 0.278. The van der Waals surface area contributed by atoms with Crippen LogP contribution in [0.5, 0.6) is 5.75 Å². The molecule has 0 bridgehead atoms. The minimum absolute atomic E-state index is 0.0534. The number of nitrogens with one attached hydrogen (secondary N) is 1. The zero-order valence-corrected chi connectivity index (χ0v) is 27.3. The lowest BCUT2D eigenvalue weighted by Crippen LogP contribution is -2.56. The van der Waals surface area contributed by atoms with Gasteiger partial charge in [-0.2, -0.15) is 0 Å². The van der Waals surface area contributed by atoms with Crippen molar-refractivity contribution < 1.29 is 22.7 Å². The van der Waals surface area contributed by atoms with Crippen LogP contribution in [0, 0.1) is 6.92 Å². The molecule has 0 heterocycles. The van der Waals surface area contributed by atoms with Crippen molar-refractivity contribution >= 4 is 27.5 Å². The summed E-state index contributed by atoms with van der Waals surface area (Å²) in [6.07, 6.45) is 0.245. The van der Waals surface area contributed by atoms with Gasteiger partial charge in [-0.25, -0.2) is 8.42 Å². The summed E-state index contributed by atoms with van der Waals surface area (Å²) >= 11 is 0. The van der Waals surface area contributed by atoms with Gasteiger partial charge in [0.1, 0.15) is 18.3 Å². The van der Waals surface area contributed by atoms with Gasteiger partial charge in [0.2, 0.25) is 11.8 Å². The first kappa shape index (κ1) is 33.3. The number of hydrogen-bond acceptors (Lipinski definition) is 5. The number of carbonyl (C=O) groups excluding carboxylic acids is 2. The van der Waals surface area contributed by atoms with Gasteiger partial charge in [0.05, 0.1) is 17.7 Å². The number of hydrogen-bond donors (Lipinski definition) is 1. The molecular weight excluding hydrogens is 586 g/mol. The van der Waals surface area contributed by atoms with Crippen LogP contribution in [0.1, 0.15) is 37.5 Å². The smallest absolute Gasteiger partial charge is 0.264 e. The van der Waals surface area contributed by atoms with E-state index in [0.717, 1.165) is 21.0 Å². The number of sulfonamides is 1. The molecule has 4 aromatic carbocycles. The molecule has 4 rings (SSSR count). The Balaban J connectivity index is 1.80. The summed E-state index contributed by atoms with van der Waals surface area (Å²) in [5, 5.41) is 3.04. The van der Waals surface area contributed by atoms with Crippen molar-refractivity contribution in [1.82, 2.24) is 10.2 Å². The molecule has 0 aromatic heterocycles. The first-order valence-electron chi connectivity index (χ1n) is 14.8. The Morgan fingerprint density at radius 3 is 1.89 bits per heavy atom. The lowest BCUT2D eigenvalue weighted by atomic mass is 10.0. The highest BCUT2D eigenvalue weighted by Gasteiger charge is 2.35. The molecule has 2 amide bonds. The van der Waals surface area contributed by atoms with Crippen molar-refractivity contribution in [2.75, 3.05) is 18.0 Å². The van der Waals surface area contributed by atoms with E-state index >= 15 is 0 Å². The van der Waals surface area contributed by atoms with E-state index in [4.69, 9.17) is 4.74 Å². The molecule has 0 saturated carbocycles. The molecule has 236 valence electrons. The minimum Gasteiger partial charge on any atom is -0.497 e. The summed E-state index contributed by atoms with van der Waals surface area (Å²) in [6.45, 7) is 7.10. The highest BCUT2D eigenvalue weighted by Crippen LogP contribution is 2.27. The highest BCUT2D eigenvalue weighted by atomic mass is 32.2. The largest absolute Gasteiger partial charge is 0.497 e. The second-order valence-electron chi connectivity index (χ2n) is 12.0. The third-order valence-corrected chi connectivity index (χ3v) is 9.00. The quantitative estimate of drug-likeness (QED) is 0.216. The molecule has 0 fully saturated rings. The molecule has 0 aliphatic rings. The second-order valence-corrected chi connectivity index (χ2v) is 13.8. The number of amides is 2. The number of methoxy groups -OCH3 is 1. The summed E-state index contributed by atoms with van der Waals surface area (Å²) < 4.78 is 34.7. The molecular formula is C36H41N3O5S. The summed E-state index contributed by atoms with van der Waals surface area (Å²) in [7, 11) is -2.66. The molecule has 4 aromatic rings. The minimum atomic E-state index is -4.18. The first-order chi connectivity index (χ1) is 21.4. The number of nitrogens with zero attached hydrogens (tertiary/aromatic N) is 2. The van der Waals surface area contributed by atoms with Gasteiger partial charge >= 0.3 is 0 Å². The molecule has 0 radical (unpaired) electrons. The Bertz CT molecular complexity index is 1670. The molecule has 0 aliphatic carbocycles. The van der Waals surface area contributed by atoms with Crippen LogP contribution in [0.4, 0.5) is 5.69 Å². The molecule has 0 aliphatic heterocycles. The van der Waals surface area contributed by atoms with E-state index in [1.54, 1.807) is 36.4 Å². The Hall–Kier alpha value is -4.63. The highest BCUT2D eigenvalue weighted by molar-refractivity contribution is 7.92. The summed E-state index contributed by atoms with van der Waals surface area (Å²) in [5.41, 5.74) is 2.32. The van der Waals surface area contributed by atoms with E-state index in [-0.39, 0.29) is 23.8 Å². The first-order valence-corrected chi connectivity index (χ1v) is 16.2. The van der Waals surface area contributed by atoms with Gasteiger partial charge < -0.3 is 15.0 Å². The maximum Gasteiger partial charge on any atom is 0.264 e. The fourth-order valence-corrected chi connectivity index (χ4v) is 6.32. The average molecular weight is 628 g/mol. The van der Waals surface area contributed by atoms with Crippen molar-refractivity contribution in [2.45, 2.75) is 57.1 Å². The summed E-state index contributed by atoms with van der Waals surface area (Å²) in [5.74, 6) is -0.298. The number of anilines is 1. The second kappa shape index (κ2) is 14.4. The van der Waals surface area contributed by atoms with E-state index in [1.165, 1.54) is 24.1 Å². The van der Waals surface area contributed by atoms with Gasteiger partial charge in [-0.15, -0.1) is 0 Å². The van der Waals surface area contributed by atoms with Gasteiger partial charge in [0, 0.05) is 18.5 Å². The van der Waals surface area contributed by atoms with Gasteiger partial charge in [-0.05, 0) is 75.2 Å². The normalized spacial score (nSPS) is 12.2. The van der Waals surface area contributed by atoms with Crippen molar-refractivity contribution in [2.24, 2.45) is 0 Å². The lowest BCUT2D eigenvalue weighted by molar-refractivity contribution is -0.140. The molecule has 0 saturated heterocycles. The standard InChI is InChI=1S/C36H41N3O5S/c1-27-16-22-32(23-17-27)45(42,43)39(30-18-20-31(44-5)21-19-30)26-34(40)38(25-29-14-10-7-11-15-29)33(35(41)37-36(2,3)4)24-28-12-8-6-9-13-28/h6-23,33H,24-26H2,1-5H3,(H,37,41)/t33-/m0/s1. The molecule has 45 heavy (non-hydrogen) atoms. The van der Waals surface area contributed by atoms with Gasteiger partial charge in [-0.3, -0.25) is 13.9 Å². The van der Waals surface area contributed by atoms with E-state index in [0.29, 0.717) is 11.4 Å². The number of ether oxygens (including phenoxy) is 1. The van der Waals surface area contributed by atoms with Crippen LogP contribution >= 0.6 is 0 Å². The number of aryl methyl sites for hydroxylation is 1. The van der Waals surface area contributed by atoms with E-state index in [2.05, 4.69) is 5.32 Å². The van der Waals surface area contributed by atoms with Crippen LogP contribution in [0.2, 0.25) is 0 Å². The predicted molar refractivity (Wildman–Crippen MR) is 178 cm³/mol.